The smallest absolute Gasteiger partial charge is 0.287 e. The van der Waals surface area contributed by atoms with Crippen LogP contribution < -0.4 is 5.32 Å². The second-order valence-corrected chi connectivity index (χ2v) is 10.4. The van der Waals surface area contributed by atoms with Gasteiger partial charge in [-0.25, -0.2) is 8.42 Å². The van der Waals surface area contributed by atoms with Crippen LogP contribution in [0.2, 0.25) is 0 Å². The molecule has 4 rings (SSSR count). The molecule has 3 aromatic rings. The first-order valence-electron chi connectivity index (χ1n) is 10.4. The van der Waals surface area contributed by atoms with Crippen molar-refractivity contribution in [3.05, 3.63) is 71.5 Å². The third-order valence-corrected chi connectivity index (χ3v) is 6.69. The molecule has 158 valence electrons. The molecular weight excluding hydrogens is 398 g/mol. The Morgan fingerprint density at radius 3 is 2.50 bits per heavy atom. The van der Waals surface area contributed by atoms with Gasteiger partial charge in [-0.15, -0.1) is 0 Å². The highest BCUT2D eigenvalue weighted by Gasteiger charge is 2.30. The molecule has 1 aliphatic carbocycles. The Hall–Kier alpha value is -2.60. The highest BCUT2D eigenvalue weighted by atomic mass is 32.2. The summed E-state index contributed by atoms with van der Waals surface area (Å²) in [6.45, 7) is 0. The molecule has 1 N–H and O–H groups in total. The number of carbonyl (C=O) groups excluding carboxylic acids is 1. The van der Waals surface area contributed by atoms with E-state index >= 15 is 0 Å². The minimum atomic E-state index is -3.32. The highest BCUT2D eigenvalue weighted by Crippen LogP contribution is 2.30. The summed E-state index contributed by atoms with van der Waals surface area (Å²) in [6, 6.07) is 17.6. The first-order chi connectivity index (χ1) is 14.4. The normalized spacial score (nSPS) is 19.6. The topological polar surface area (TPSA) is 76.4 Å². The Balaban J connectivity index is 1.59. The Kier molecular flexibility index (Phi) is 5.95. The Labute approximate surface area is 177 Å². The number of rotatable bonds is 6. The van der Waals surface area contributed by atoms with Crippen LogP contribution in [0.3, 0.4) is 0 Å². The molecule has 2 unspecified atom stereocenters. The zero-order valence-electron chi connectivity index (χ0n) is 17.1. The maximum atomic E-state index is 13.2. The molecule has 6 heteroatoms. The fourth-order valence-corrected chi connectivity index (χ4v) is 5.29. The van der Waals surface area contributed by atoms with Crippen LogP contribution in [0, 0.1) is 5.92 Å². The number of para-hydroxylation sites is 1. The van der Waals surface area contributed by atoms with Gasteiger partial charge >= 0.3 is 0 Å². The number of furan rings is 1. The minimum absolute atomic E-state index is 0.0470. The summed E-state index contributed by atoms with van der Waals surface area (Å²) < 4.78 is 29.8. The standard InChI is InChI=1S/C24H27NO4S/c1-30(27,28)16-20-19-12-6-8-14-22(19)29-23(20)24(26)25-21-13-7-5-11-18(21)15-17-9-3-2-4-10-17/h2-4,6,8-10,12,14,18,21H,5,7,11,13,15-16H2,1H3,(H,25,26). The van der Waals surface area contributed by atoms with Gasteiger partial charge in [0.1, 0.15) is 5.58 Å². The van der Waals surface area contributed by atoms with Crippen LogP contribution in [0.5, 0.6) is 0 Å². The van der Waals surface area contributed by atoms with E-state index in [1.54, 1.807) is 12.1 Å². The van der Waals surface area contributed by atoms with Gasteiger partial charge in [-0.05, 0) is 36.8 Å². The van der Waals surface area contributed by atoms with Crippen molar-refractivity contribution in [1.29, 1.82) is 0 Å². The molecule has 1 fully saturated rings. The van der Waals surface area contributed by atoms with E-state index in [0.29, 0.717) is 22.5 Å². The van der Waals surface area contributed by atoms with Gasteiger partial charge in [0.15, 0.2) is 15.6 Å². The van der Waals surface area contributed by atoms with Gasteiger partial charge in [-0.3, -0.25) is 4.79 Å². The molecule has 0 radical (unpaired) electrons. The predicted octanol–water partition coefficient (Wildman–Crippen LogP) is 4.51. The first-order valence-corrected chi connectivity index (χ1v) is 12.5. The number of hydrogen-bond acceptors (Lipinski definition) is 4. The van der Waals surface area contributed by atoms with Crippen molar-refractivity contribution in [2.45, 2.75) is 43.9 Å². The molecule has 0 spiro atoms. The molecule has 1 aromatic heterocycles. The average molecular weight is 426 g/mol. The second kappa shape index (κ2) is 8.64. The van der Waals surface area contributed by atoms with Gasteiger partial charge in [0.25, 0.3) is 5.91 Å². The van der Waals surface area contributed by atoms with Gasteiger partial charge in [0, 0.05) is 23.2 Å². The van der Waals surface area contributed by atoms with E-state index in [4.69, 9.17) is 4.42 Å². The zero-order chi connectivity index (χ0) is 21.1. The van der Waals surface area contributed by atoms with Crippen LogP contribution in [0.4, 0.5) is 0 Å². The summed E-state index contributed by atoms with van der Waals surface area (Å²) >= 11 is 0. The lowest BCUT2D eigenvalue weighted by Crippen LogP contribution is -2.43. The number of benzene rings is 2. The van der Waals surface area contributed by atoms with Crippen molar-refractivity contribution in [2.24, 2.45) is 5.92 Å². The minimum Gasteiger partial charge on any atom is -0.451 e. The molecule has 2 aromatic carbocycles. The van der Waals surface area contributed by atoms with Crippen LogP contribution >= 0.6 is 0 Å². The summed E-state index contributed by atoms with van der Waals surface area (Å²) in [4.78, 5) is 13.2. The number of carbonyl (C=O) groups is 1. The van der Waals surface area contributed by atoms with Crippen molar-refractivity contribution in [2.75, 3.05) is 6.26 Å². The molecular formula is C24H27NO4S. The zero-order valence-corrected chi connectivity index (χ0v) is 18.0. The maximum Gasteiger partial charge on any atom is 0.287 e. The summed E-state index contributed by atoms with van der Waals surface area (Å²) in [5.41, 5.74) is 2.25. The molecule has 0 bridgehead atoms. The van der Waals surface area contributed by atoms with Gasteiger partial charge in [0.05, 0.1) is 5.75 Å². The third kappa shape index (κ3) is 4.75. The number of sulfone groups is 1. The van der Waals surface area contributed by atoms with Crippen molar-refractivity contribution < 1.29 is 17.6 Å². The number of amides is 1. The van der Waals surface area contributed by atoms with Crippen LogP contribution in [-0.2, 0) is 22.0 Å². The Morgan fingerprint density at radius 2 is 1.73 bits per heavy atom. The molecule has 1 amide bonds. The van der Waals surface area contributed by atoms with Gasteiger partial charge < -0.3 is 9.73 Å². The lowest BCUT2D eigenvalue weighted by Gasteiger charge is -2.32. The van der Waals surface area contributed by atoms with Crippen molar-refractivity contribution in [1.82, 2.24) is 5.32 Å². The predicted molar refractivity (Wildman–Crippen MR) is 118 cm³/mol. The SMILES string of the molecule is CS(=O)(=O)Cc1c(C(=O)NC2CCCCC2Cc2ccccc2)oc2ccccc12. The van der Waals surface area contributed by atoms with E-state index in [-0.39, 0.29) is 23.5 Å². The fourth-order valence-electron chi connectivity index (χ4n) is 4.48. The van der Waals surface area contributed by atoms with E-state index in [2.05, 4.69) is 17.4 Å². The van der Waals surface area contributed by atoms with Crippen molar-refractivity contribution in [3.63, 3.8) is 0 Å². The molecule has 30 heavy (non-hydrogen) atoms. The third-order valence-electron chi connectivity index (χ3n) is 5.88. The largest absolute Gasteiger partial charge is 0.451 e. The number of hydrogen-bond donors (Lipinski definition) is 1. The molecule has 2 atom stereocenters. The summed E-state index contributed by atoms with van der Waals surface area (Å²) in [5.74, 6) is -0.0708. The average Bonchev–Trinajstić information content (AvgIpc) is 3.07. The molecule has 1 heterocycles. The van der Waals surface area contributed by atoms with Gasteiger partial charge in [0.2, 0.25) is 0 Å². The summed E-state index contributed by atoms with van der Waals surface area (Å²) in [6.07, 6.45) is 6.32. The molecule has 0 aliphatic heterocycles. The number of fused-ring (bicyclic) bond motifs is 1. The van der Waals surface area contributed by atoms with Crippen LogP contribution in [-0.4, -0.2) is 26.6 Å². The Morgan fingerprint density at radius 1 is 1.03 bits per heavy atom. The van der Waals surface area contributed by atoms with Gasteiger partial charge in [-0.2, -0.15) is 0 Å². The van der Waals surface area contributed by atoms with Crippen LogP contribution in [0.25, 0.3) is 11.0 Å². The van der Waals surface area contributed by atoms with Crippen molar-refractivity contribution >= 4 is 26.7 Å². The number of nitrogens with one attached hydrogen (secondary N) is 1. The Bertz CT molecular complexity index is 1130. The molecule has 5 nitrogen and oxygen atoms in total. The second-order valence-electron chi connectivity index (χ2n) is 8.29. The van der Waals surface area contributed by atoms with Crippen molar-refractivity contribution in [3.8, 4) is 0 Å². The van der Waals surface area contributed by atoms with E-state index in [1.165, 1.54) is 11.8 Å². The molecule has 0 saturated heterocycles. The molecule has 1 aliphatic rings. The van der Waals surface area contributed by atoms with E-state index < -0.39 is 9.84 Å². The van der Waals surface area contributed by atoms with Crippen LogP contribution in [0.1, 0.15) is 47.4 Å². The summed E-state index contributed by atoms with van der Waals surface area (Å²) in [7, 11) is -3.32. The monoisotopic (exact) mass is 425 g/mol. The fraction of sp³-hybridized carbons (Fsp3) is 0.375. The highest BCUT2D eigenvalue weighted by molar-refractivity contribution is 7.89. The first kappa shape index (κ1) is 20.7. The van der Waals surface area contributed by atoms with E-state index in [0.717, 1.165) is 32.1 Å². The lowest BCUT2D eigenvalue weighted by atomic mass is 9.80. The van der Waals surface area contributed by atoms with E-state index in [9.17, 15) is 13.2 Å². The lowest BCUT2D eigenvalue weighted by molar-refractivity contribution is 0.0878. The van der Waals surface area contributed by atoms with Crippen LogP contribution in [0.15, 0.2) is 59.0 Å². The summed E-state index contributed by atoms with van der Waals surface area (Å²) in [5, 5.41) is 3.84. The quantitative estimate of drug-likeness (QED) is 0.630. The molecule has 1 saturated carbocycles. The van der Waals surface area contributed by atoms with E-state index in [1.807, 2.05) is 30.3 Å². The maximum absolute atomic E-state index is 13.2. The van der Waals surface area contributed by atoms with Gasteiger partial charge in [-0.1, -0.05) is 61.4 Å².